The molecule has 0 spiro atoms. The van der Waals surface area contributed by atoms with Crippen LogP contribution in [0, 0.1) is 0 Å². The second kappa shape index (κ2) is 4.23. The Kier molecular flexibility index (Phi) is 2.67. The molecule has 19 heavy (non-hydrogen) atoms. The Labute approximate surface area is 116 Å². The predicted molar refractivity (Wildman–Crippen MR) is 72.1 cm³/mol. The molecule has 0 aromatic carbocycles. The number of carbonyl (C=O) groups excluding carboxylic acids is 2. The van der Waals surface area contributed by atoms with E-state index in [9.17, 15) is 9.59 Å². The number of aromatic amines is 1. The first-order valence-corrected chi connectivity index (χ1v) is 6.41. The van der Waals surface area contributed by atoms with Gasteiger partial charge in [0.25, 0.3) is 11.8 Å². The van der Waals surface area contributed by atoms with Crippen LogP contribution in [0.15, 0.2) is 21.4 Å². The molecule has 0 radical (unpaired) electrons. The van der Waals surface area contributed by atoms with Gasteiger partial charge in [0.2, 0.25) is 5.96 Å². The summed E-state index contributed by atoms with van der Waals surface area (Å²) in [6.45, 7) is 0.451. The highest BCUT2D eigenvalue weighted by molar-refractivity contribution is 9.10. The van der Waals surface area contributed by atoms with Crippen LogP contribution < -0.4 is 16.4 Å². The number of H-pyrrole nitrogens is 1. The van der Waals surface area contributed by atoms with Gasteiger partial charge in [0.15, 0.2) is 0 Å². The third-order valence-electron chi connectivity index (χ3n) is 2.99. The highest BCUT2D eigenvalue weighted by Crippen LogP contribution is 2.30. The van der Waals surface area contributed by atoms with Gasteiger partial charge in [-0.05, 0) is 34.0 Å². The average Bonchev–Trinajstić information content (AvgIpc) is 2.84. The topological polar surface area (TPSA) is 112 Å². The first-order chi connectivity index (χ1) is 9.06. The minimum absolute atomic E-state index is 0.0761. The Balaban J connectivity index is 2.17. The van der Waals surface area contributed by atoms with Crippen LogP contribution in [0.1, 0.15) is 22.5 Å². The van der Waals surface area contributed by atoms with Crippen LogP contribution >= 0.6 is 15.9 Å². The van der Waals surface area contributed by atoms with Crippen LogP contribution in [0.3, 0.4) is 0 Å². The summed E-state index contributed by atoms with van der Waals surface area (Å²) >= 11 is 3.29. The van der Waals surface area contributed by atoms with E-state index in [-0.39, 0.29) is 11.9 Å². The molecule has 0 saturated carbocycles. The SMILES string of the molecule is NC1=NC(=O)/C(=C2\CCNC(=O)c3[nH]c(Br)cc32)N1. The van der Waals surface area contributed by atoms with Crippen LogP contribution in [-0.4, -0.2) is 29.3 Å². The number of nitrogens with one attached hydrogen (secondary N) is 3. The lowest BCUT2D eigenvalue weighted by Gasteiger charge is -2.07. The van der Waals surface area contributed by atoms with Crippen molar-refractivity contribution >= 4 is 39.3 Å². The zero-order valence-corrected chi connectivity index (χ0v) is 11.3. The van der Waals surface area contributed by atoms with Crippen molar-refractivity contribution < 1.29 is 9.59 Å². The second-order valence-corrected chi connectivity index (χ2v) is 5.05. The lowest BCUT2D eigenvalue weighted by Crippen LogP contribution is -2.26. The molecule has 7 nitrogen and oxygen atoms in total. The van der Waals surface area contributed by atoms with E-state index in [1.165, 1.54) is 0 Å². The third kappa shape index (κ3) is 1.93. The smallest absolute Gasteiger partial charge is 0.296 e. The molecule has 98 valence electrons. The van der Waals surface area contributed by atoms with Gasteiger partial charge in [-0.3, -0.25) is 9.59 Å². The Morgan fingerprint density at radius 1 is 1.37 bits per heavy atom. The summed E-state index contributed by atoms with van der Waals surface area (Å²) in [6, 6.07) is 1.77. The molecule has 3 rings (SSSR count). The van der Waals surface area contributed by atoms with E-state index in [0.717, 1.165) is 5.57 Å². The van der Waals surface area contributed by atoms with E-state index in [2.05, 4.69) is 36.5 Å². The summed E-state index contributed by atoms with van der Waals surface area (Å²) in [4.78, 5) is 30.2. The van der Waals surface area contributed by atoms with Crippen molar-refractivity contribution in [2.24, 2.45) is 10.7 Å². The zero-order chi connectivity index (χ0) is 13.6. The maximum atomic E-state index is 11.9. The van der Waals surface area contributed by atoms with Crippen molar-refractivity contribution in [1.29, 1.82) is 0 Å². The van der Waals surface area contributed by atoms with Gasteiger partial charge in [-0.15, -0.1) is 0 Å². The van der Waals surface area contributed by atoms with Crippen molar-refractivity contribution in [2.45, 2.75) is 6.42 Å². The Morgan fingerprint density at radius 3 is 2.84 bits per heavy atom. The number of carbonyl (C=O) groups is 2. The molecule has 0 aliphatic carbocycles. The maximum Gasteiger partial charge on any atom is 0.296 e. The molecule has 1 aromatic rings. The van der Waals surface area contributed by atoms with Gasteiger partial charge in [-0.25, -0.2) is 0 Å². The lowest BCUT2D eigenvalue weighted by molar-refractivity contribution is -0.114. The summed E-state index contributed by atoms with van der Waals surface area (Å²) in [5.41, 5.74) is 7.67. The van der Waals surface area contributed by atoms with Crippen molar-refractivity contribution in [3.05, 3.63) is 27.6 Å². The van der Waals surface area contributed by atoms with Crippen LogP contribution in [0.5, 0.6) is 0 Å². The van der Waals surface area contributed by atoms with Gasteiger partial charge in [0.05, 0.1) is 4.60 Å². The van der Waals surface area contributed by atoms with Crippen LogP contribution in [-0.2, 0) is 4.79 Å². The minimum Gasteiger partial charge on any atom is -0.369 e. The Morgan fingerprint density at radius 2 is 2.16 bits per heavy atom. The molecule has 1 aromatic heterocycles. The molecule has 0 atom stereocenters. The fourth-order valence-electron chi connectivity index (χ4n) is 2.20. The normalized spacial score (nSPS) is 22.5. The third-order valence-corrected chi connectivity index (χ3v) is 3.42. The van der Waals surface area contributed by atoms with Gasteiger partial charge in [0.1, 0.15) is 11.4 Å². The highest BCUT2D eigenvalue weighted by Gasteiger charge is 2.28. The number of hydrogen-bond donors (Lipinski definition) is 4. The minimum atomic E-state index is -0.412. The van der Waals surface area contributed by atoms with E-state index in [1.807, 2.05) is 0 Å². The quantitative estimate of drug-likeness (QED) is 0.506. The Hall–Kier alpha value is -2.09. The molecule has 0 bridgehead atoms. The van der Waals surface area contributed by atoms with Crippen molar-refractivity contribution in [2.75, 3.05) is 6.54 Å². The van der Waals surface area contributed by atoms with Crippen LogP contribution in [0.4, 0.5) is 0 Å². The van der Waals surface area contributed by atoms with Gasteiger partial charge < -0.3 is 21.4 Å². The van der Waals surface area contributed by atoms with Crippen LogP contribution in [0.2, 0.25) is 0 Å². The molecular formula is C11H10BrN5O2. The number of rotatable bonds is 0. The van der Waals surface area contributed by atoms with Gasteiger partial charge in [0, 0.05) is 12.1 Å². The summed E-state index contributed by atoms with van der Waals surface area (Å²) in [6.07, 6.45) is 0.528. The molecule has 0 fully saturated rings. The molecule has 3 heterocycles. The largest absolute Gasteiger partial charge is 0.369 e. The number of aliphatic imine (C=N–C) groups is 1. The number of hydrogen-bond acceptors (Lipinski definition) is 4. The van der Waals surface area contributed by atoms with E-state index in [4.69, 9.17) is 5.73 Å². The standard InChI is InChI=1S/C11H10BrN5O2/c12-6-3-5-4(7-10(19)17-11(13)16-7)1-2-14-9(18)8(5)15-6/h3,15H,1-2H2,(H,14,18)(H3,13,16,17,19)/b7-4-. The van der Waals surface area contributed by atoms with Gasteiger partial charge in [-0.2, -0.15) is 4.99 Å². The molecule has 0 unspecified atom stereocenters. The van der Waals surface area contributed by atoms with Gasteiger partial charge in [-0.1, -0.05) is 0 Å². The predicted octanol–water partition coefficient (Wildman–Crippen LogP) is 0.0663. The first kappa shape index (κ1) is 12.0. The van der Waals surface area contributed by atoms with E-state index in [1.54, 1.807) is 6.07 Å². The van der Waals surface area contributed by atoms with Crippen molar-refractivity contribution in [3.63, 3.8) is 0 Å². The van der Waals surface area contributed by atoms with E-state index in [0.29, 0.717) is 34.5 Å². The van der Waals surface area contributed by atoms with Crippen molar-refractivity contribution in [3.8, 4) is 0 Å². The summed E-state index contributed by atoms with van der Waals surface area (Å²) in [5.74, 6) is -0.534. The van der Waals surface area contributed by atoms with E-state index < -0.39 is 5.91 Å². The second-order valence-electron chi connectivity index (χ2n) is 4.19. The number of nitrogens with two attached hydrogens (primary N) is 1. The number of fused-ring (bicyclic) bond motifs is 1. The first-order valence-electron chi connectivity index (χ1n) is 5.62. The summed E-state index contributed by atoms with van der Waals surface area (Å²) in [7, 11) is 0. The monoisotopic (exact) mass is 323 g/mol. The van der Waals surface area contributed by atoms with E-state index >= 15 is 0 Å². The number of guanidine groups is 1. The number of aromatic nitrogens is 1. The molecule has 5 N–H and O–H groups in total. The molecule has 2 aliphatic heterocycles. The molecule has 8 heteroatoms. The molecule has 2 amide bonds. The molecular weight excluding hydrogens is 314 g/mol. The summed E-state index contributed by atoms with van der Waals surface area (Å²) in [5, 5.41) is 5.52. The van der Waals surface area contributed by atoms with Crippen LogP contribution in [0.25, 0.3) is 5.57 Å². The summed E-state index contributed by atoms with van der Waals surface area (Å²) < 4.78 is 0.673. The number of halogens is 1. The number of amides is 2. The lowest BCUT2D eigenvalue weighted by atomic mass is 10.0. The Bertz CT molecular complexity index is 658. The number of nitrogens with zero attached hydrogens (tertiary/aromatic N) is 1. The van der Waals surface area contributed by atoms with Crippen molar-refractivity contribution in [1.82, 2.24) is 15.6 Å². The molecule has 2 aliphatic rings. The fourth-order valence-corrected chi connectivity index (χ4v) is 2.63. The zero-order valence-electron chi connectivity index (χ0n) is 9.71. The highest BCUT2D eigenvalue weighted by atomic mass is 79.9. The maximum absolute atomic E-state index is 11.9. The fraction of sp³-hybridized carbons (Fsp3) is 0.182. The molecule has 0 saturated heterocycles. The average molecular weight is 324 g/mol. The van der Waals surface area contributed by atoms with Gasteiger partial charge >= 0.3 is 0 Å².